The van der Waals surface area contributed by atoms with Gasteiger partial charge in [0.1, 0.15) is 7.80 Å². The van der Waals surface area contributed by atoms with E-state index in [1.165, 1.54) is 0 Å². The van der Waals surface area contributed by atoms with Gasteiger partial charge < -0.3 is 9.30 Å². The van der Waals surface area contributed by atoms with E-state index in [0.29, 0.717) is 19.2 Å². The highest BCUT2D eigenvalue weighted by Crippen LogP contribution is 2.20. The number of esters is 1. The lowest BCUT2D eigenvalue weighted by Crippen LogP contribution is -2.04. The first kappa shape index (κ1) is 12.7. The van der Waals surface area contributed by atoms with Gasteiger partial charge in [-0.15, -0.1) is 0 Å². The van der Waals surface area contributed by atoms with Crippen molar-refractivity contribution in [3.63, 3.8) is 0 Å². The van der Waals surface area contributed by atoms with Gasteiger partial charge in [0.2, 0.25) is 0 Å². The minimum Gasteiger partial charge on any atom is -0.463 e. The summed E-state index contributed by atoms with van der Waals surface area (Å²) in [5.74, 6) is -0.431. The number of benzene rings is 1. The molecule has 1 unspecified atom stereocenters. The minimum atomic E-state index is -1.74. The van der Waals surface area contributed by atoms with Crippen LogP contribution in [0.25, 0.3) is 0 Å². The predicted octanol–water partition coefficient (Wildman–Crippen LogP) is 1.99. The highest BCUT2D eigenvalue weighted by Gasteiger charge is 2.03. The fourth-order valence-corrected chi connectivity index (χ4v) is 2.55. The second-order valence-electron chi connectivity index (χ2n) is 3.26. The van der Waals surface area contributed by atoms with Crippen LogP contribution in [0.4, 0.5) is 0 Å². The molecule has 1 aromatic carbocycles. The third-order valence-corrected chi connectivity index (χ3v) is 3.84. The number of hydrogen-bond donors (Lipinski definition) is 0. The molecule has 0 N–H and O–H groups in total. The van der Waals surface area contributed by atoms with E-state index in [1.807, 2.05) is 30.3 Å². The van der Waals surface area contributed by atoms with Gasteiger partial charge in [-0.1, -0.05) is 36.9 Å². The third kappa shape index (κ3) is 4.45. The normalized spacial score (nSPS) is 11.8. The second-order valence-corrected chi connectivity index (χ2v) is 5.19. The zero-order valence-corrected chi connectivity index (χ0v) is 10.0. The Morgan fingerprint density at radius 1 is 1.38 bits per heavy atom. The van der Waals surface area contributed by atoms with Crippen LogP contribution < -0.4 is 5.30 Å². The van der Waals surface area contributed by atoms with E-state index >= 15 is 0 Å². The van der Waals surface area contributed by atoms with Crippen LogP contribution >= 0.6 is 7.80 Å². The van der Waals surface area contributed by atoms with Gasteiger partial charge in [-0.2, -0.15) is 0 Å². The molecule has 0 radical (unpaired) electrons. The van der Waals surface area contributed by atoms with E-state index < -0.39 is 13.8 Å². The predicted molar refractivity (Wildman–Crippen MR) is 65.7 cm³/mol. The Hall–Kier alpha value is -1.34. The van der Waals surface area contributed by atoms with Crippen LogP contribution in [-0.2, 0) is 14.1 Å². The van der Waals surface area contributed by atoms with Gasteiger partial charge in [-0.05, 0) is 6.42 Å². The lowest BCUT2D eigenvalue weighted by molar-refractivity contribution is -0.137. The highest BCUT2D eigenvalue weighted by molar-refractivity contribution is 7.53. The standard InChI is InChI=1S/C12H15O3P/c1-2-12(13)15-9-6-10-16(14)11-7-4-3-5-8-11/h2-5,7-8,16H,1,6,9-10H2. The maximum absolute atomic E-state index is 11.8. The maximum atomic E-state index is 11.8. The first-order valence-corrected chi connectivity index (χ1v) is 6.73. The number of ether oxygens (including phenoxy) is 1. The van der Waals surface area contributed by atoms with E-state index in [4.69, 9.17) is 4.74 Å². The second kappa shape index (κ2) is 7.02. The van der Waals surface area contributed by atoms with Crippen LogP contribution in [0.5, 0.6) is 0 Å². The van der Waals surface area contributed by atoms with Crippen molar-refractivity contribution in [2.24, 2.45) is 0 Å². The molecule has 0 heterocycles. The van der Waals surface area contributed by atoms with Gasteiger partial charge in [-0.3, -0.25) is 0 Å². The number of rotatable bonds is 6. The molecule has 0 saturated heterocycles. The molecule has 1 rings (SSSR count). The zero-order chi connectivity index (χ0) is 11.8. The molecular formula is C12H15O3P. The third-order valence-electron chi connectivity index (χ3n) is 2.05. The molecule has 4 heteroatoms. The van der Waals surface area contributed by atoms with Crippen LogP contribution in [0.3, 0.4) is 0 Å². The van der Waals surface area contributed by atoms with Crippen LogP contribution in [0, 0.1) is 0 Å². The molecule has 86 valence electrons. The highest BCUT2D eigenvalue weighted by atomic mass is 31.1. The van der Waals surface area contributed by atoms with Crippen molar-refractivity contribution in [3.05, 3.63) is 43.0 Å². The monoisotopic (exact) mass is 238 g/mol. The van der Waals surface area contributed by atoms with Gasteiger partial charge in [0.05, 0.1) is 6.61 Å². The van der Waals surface area contributed by atoms with Crippen molar-refractivity contribution in [2.45, 2.75) is 6.42 Å². The Balaban J connectivity index is 2.26. The molecule has 1 aromatic rings. The smallest absolute Gasteiger partial charge is 0.330 e. The van der Waals surface area contributed by atoms with Crippen LogP contribution in [0.1, 0.15) is 6.42 Å². The first-order valence-electron chi connectivity index (χ1n) is 5.11. The van der Waals surface area contributed by atoms with Crippen LogP contribution in [-0.4, -0.2) is 18.7 Å². The average molecular weight is 238 g/mol. The maximum Gasteiger partial charge on any atom is 0.330 e. The fraction of sp³-hybridized carbons (Fsp3) is 0.250. The van der Waals surface area contributed by atoms with Crippen molar-refractivity contribution in [2.75, 3.05) is 12.8 Å². The van der Waals surface area contributed by atoms with Crippen molar-refractivity contribution in [3.8, 4) is 0 Å². The van der Waals surface area contributed by atoms with Crippen molar-refractivity contribution in [1.82, 2.24) is 0 Å². The molecule has 0 aliphatic carbocycles. The molecular weight excluding hydrogens is 223 g/mol. The summed E-state index contributed by atoms with van der Waals surface area (Å²) in [5.41, 5.74) is 0. The van der Waals surface area contributed by atoms with Gasteiger partial charge in [0.25, 0.3) is 0 Å². The minimum absolute atomic E-state index is 0.300. The molecule has 0 saturated carbocycles. The van der Waals surface area contributed by atoms with Gasteiger partial charge in [0, 0.05) is 17.5 Å². The fourth-order valence-electron chi connectivity index (χ4n) is 1.23. The van der Waals surface area contributed by atoms with Gasteiger partial charge in [0.15, 0.2) is 0 Å². The topological polar surface area (TPSA) is 43.4 Å². The summed E-state index contributed by atoms with van der Waals surface area (Å²) in [4.78, 5) is 10.7. The first-order chi connectivity index (χ1) is 7.74. The molecule has 0 bridgehead atoms. The SMILES string of the molecule is C=CC(=O)OCCC[PH](=O)c1ccccc1. The van der Waals surface area contributed by atoms with Crippen LogP contribution in [0.2, 0.25) is 0 Å². The van der Waals surface area contributed by atoms with Gasteiger partial charge in [-0.25, -0.2) is 4.79 Å². The summed E-state index contributed by atoms with van der Waals surface area (Å²) in [6, 6.07) is 9.35. The molecule has 0 spiro atoms. The van der Waals surface area contributed by atoms with E-state index in [9.17, 15) is 9.36 Å². The Morgan fingerprint density at radius 3 is 2.69 bits per heavy atom. The zero-order valence-electron chi connectivity index (χ0n) is 9.02. The lowest BCUT2D eigenvalue weighted by Gasteiger charge is -2.03. The molecule has 0 aromatic heterocycles. The number of hydrogen-bond acceptors (Lipinski definition) is 3. The summed E-state index contributed by atoms with van der Waals surface area (Å²) in [6.45, 7) is 3.59. The number of carbonyl (C=O) groups is 1. The van der Waals surface area contributed by atoms with E-state index in [0.717, 1.165) is 11.4 Å². The molecule has 0 aliphatic rings. The summed E-state index contributed by atoms with van der Waals surface area (Å²) < 4.78 is 16.6. The summed E-state index contributed by atoms with van der Waals surface area (Å²) in [7, 11) is -1.74. The Labute approximate surface area is 95.9 Å². The van der Waals surface area contributed by atoms with E-state index in [-0.39, 0.29) is 0 Å². The quantitative estimate of drug-likeness (QED) is 0.329. The van der Waals surface area contributed by atoms with Gasteiger partial charge >= 0.3 is 5.97 Å². The summed E-state index contributed by atoms with van der Waals surface area (Å²) in [5, 5.41) is 0.877. The molecule has 3 nitrogen and oxygen atoms in total. The number of carbonyl (C=O) groups excluding carboxylic acids is 1. The van der Waals surface area contributed by atoms with Crippen LogP contribution in [0.15, 0.2) is 43.0 Å². The average Bonchev–Trinajstić information content (AvgIpc) is 2.35. The van der Waals surface area contributed by atoms with Crippen molar-refractivity contribution >= 4 is 19.1 Å². The van der Waals surface area contributed by atoms with Crippen molar-refractivity contribution in [1.29, 1.82) is 0 Å². The van der Waals surface area contributed by atoms with E-state index in [1.54, 1.807) is 0 Å². The Bertz CT molecular complexity index is 373. The summed E-state index contributed by atoms with van der Waals surface area (Å²) >= 11 is 0. The Kier molecular flexibility index (Phi) is 5.58. The van der Waals surface area contributed by atoms with Crippen molar-refractivity contribution < 1.29 is 14.1 Å². The largest absolute Gasteiger partial charge is 0.463 e. The van der Waals surface area contributed by atoms with E-state index in [2.05, 4.69) is 6.58 Å². The Morgan fingerprint density at radius 2 is 2.06 bits per heavy atom. The molecule has 16 heavy (non-hydrogen) atoms. The molecule has 1 atom stereocenters. The molecule has 0 aliphatic heterocycles. The molecule has 0 amide bonds. The summed E-state index contributed by atoms with van der Waals surface area (Å²) in [6.07, 6.45) is 2.31. The lowest BCUT2D eigenvalue weighted by atomic mass is 10.4. The molecule has 0 fully saturated rings.